The number of fused-ring (bicyclic) bond motifs is 1. The van der Waals surface area contributed by atoms with Crippen molar-refractivity contribution in [2.45, 2.75) is 6.54 Å². The number of carbonyl (C=O) groups is 1. The third kappa shape index (κ3) is 4.22. The number of carbonyl (C=O) groups excluding carboxylic acids is 1. The van der Waals surface area contributed by atoms with Gasteiger partial charge in [-0.2, -0.15) is 5.21 Å². The first-order valence-corrected chi connectivity index (χ1v) is 10.9. The fraction of sp³-hybridized carbons (Fsp3) is 0.0833. The minimum absolute atomic E-state index is 0.410. The van der Waals surface area contributed by atoms with Crippen LogP contribution in [0.2, 0.25) is 0 Å². The van der Waals surface area contributed by atoms with Gasteiger partial charge in [0.2, 0.25) is 5.82 Å². The lowest BCUT2D eigenvalue weighted by atomic mass is 10.1. The molecule has 2 aromatic heterocycles. The lowest BCUT2D eigenvalue weighted by Crippen LogP contribution is -2.11. The molecule has 0 aliphatic heterocycles. The molecule has 164 valence electrons. The fourth-order valence-electron chi connectivity index (χ4n) is 3.64. The van der Waals surface area contributed by atoms with Crippen LogP contribution in [0.3, 0.4) is 0 Å². The number of benzene rings is 3. The molecule has 5 rings (SSSR count). The van der Waals surface area contributed by atoms with Gasteiger partial charge in [-0.05, 0) is 51.0 Å². The zero-order valence-corrected chi connectivity index (χ0v) is 19.1. The summed E-state index contributed by atoms with van der Waals surface area (Å²) in [5, 5.41) is 14.9. The number of hydrogen-bond acceptors (Lipinski definition) is 6. The van der Waals surface area contributed by atoms with Gasteiger partial charge in [-0.25, -0.2) is 4.79 Å². The average molecular weight is 504 g/mol. The van der Waals surface area contributed by atoms with Gasteiger partial charge in [0.05, 0.1) is 12.6 Å². The van der Waals surface area contributed by atoms with E-state index >= 15 is 0 Å². The van der Waals surface area contributed by atoms with Crippen molar-refractivity contribution < 1.29 is 14.3 Å². The number of nitrogens with zero attached hydrogens (tertiary/aromatic N) is 4. The molecule has 3 aromatic carbocycles. The van der Waals surface area contributed by atoms with E-state index in [2.05, 4.69) is 36.6 Å². The topological polar surface area (TPSA) is 94.9 Å². The molecule has 0 radical (unpaired) electrons. The minimum atomic E-state index is -0.410. The summed E-state index contributed by atoms with van der Waals surface area (Å²) in [4.78, 5) is 12.6. The molecule has 0 saturated heterocycles. The van der Waals surface area contributed by atoms with Crippen molar-refractivity contribution in [2.24, 2.45) is 0 Å². The Morgan fingerprint density at radius 3 is 2.52 bits per heavy atom. The van der Waals surface area contributed by atoms with Gasteiger partial charge in [0, 0.05) is 28.0 Å². The molecule has 0 atom stereocenters. The quantitative estimate of drug-likeness (QED) is 0.319. The van der Waals surface area contributed by atoms with Crippen LogP contribution in [0.5, 0.6) is 11.5 Å². The largest absolute Gasteiger partial charge is 0.464 e. The maximum Gasteiger partial charge on any atom is 0.354 e. The van der Waals surface area contributed by atoms with E-state index in [1.54, 1.807) is 0 Å². The lowest BCUT2D eigenvalue weighted by molar-refractivity contribution is 0.0589. The highest BCUT2D eigenvalue weighted by Crippen LogP contribution is 2.35. The third-order valence-corrected chi connectivity index (χ3v) is 5.87. The molecule has 0 fully saturated rings. The first-order chi connectivity index (χ1) is 16.1. The second-order valence-electron chi connectivity index (χ2n) is 7.29. The van der Waals surface area contributed by atoms with E-state index in [0.29, 0.717) is 23.8 Å². The van der Waals surface area contributed by atoms with Crippen molar-refractivity contribution in [1.29, 1.82) is 0 Å². The van der Waals surface area contributed by atoms with E-state index in [-0.39, 0.29) is 0 Å². The molecule has 2 heterocycles. The predicted octanol–water partition coefficient (Wildman–Crippen LogP) is 5.21. The van der Waals surface area contributed by atoms with Crippen molar-refractivity contribution in [2.75, 3.05) is 7.11 Å². The monoisotopic (exact) mass is 503 g/mol. The van der Waals surface area contributed by atoms with Crippen molar-refractivity contribution >= 4 is 32.8 Å². The number of rotatable bonds is 6. The summed E-state index contributed by atoms with van der Waals surface area (Å²) in [5.41, 5.74) is 3.14. The molecule has 0 aliphatic carbocycles. The van der Waals surface area contributed by atoms with Crippen LogP contribution in [-0.4, -0.2) is 38.3 Å². The number of hydrogen-bond donors (Lipinski definition) is 1. The zero-order chi connectivity index (χ0) is 22.8. The summed E-state index contributed by atoms with van der Waals surface area (Å²) in [6.45, 7) is 0.460. The Morgan fingerprint density at radius 2 is 1.82 bits per heavy atom. The van der Waals surface area contributed by atoms with Crippen LogP contribution in [0.1, 0.15) is 16.1 Å². The molecule has 5 aromatic rings. The maximum absolute atomic E-state index is 12.6. The van der Waals surface area contributed by atoms with E-state index in [4.69, 9.17) is 9.47 Å². The second kappa shape index (κ2) is 8.87. The Balaban J connectivity index is 1.55. The van der Waals surface area contributed by atoms with Gasteiger partial charge in [0.15, 0.2) is 0 Å². The zero-order valence-electron chi connectivity index (χ0n) is 17.5. The van der Waals surface area contributed by atoms with Gasteiger partial charge >= 0.3 is 5.97 Å². The number of tetrazole rings is 1. The van der Waals surface area contributed by atoms with E-state index in [1.165, 1.54) is 7.11 Å². The number of H-pyrrole nitrogens is 1. The molecule has 0 saturated carbocycles. The van der Waals surface area contributed by atoms with Gasteiger partial charge < -0.3 is 14.0 Å². The van der Waals surface area contributed by atoms with Gasteiger partial charge in [0.25, 0.3) is 0 Å². The van der Waals surface area contributed by atoms with Crippen LogP contribution < -0.4 is 4.74 Å². The molecule has 0 aliphatic rings. The van der Waals surface area contributed by atoms with Crippen LogP contribution in [0.25, 0.3) is 22.3 Å². The summed E-state index contributed by atoms with van der Waals surface area (Å²) >= 11 is 3.63. The van der Waals surface area contributed by atoms with Crippen LogP contribution in [0.4, 0.5) is 0 Å². The van der Waals surface area contributed by atoms with E-state index in [0.717, 1.165) is 32.3 Å². The highest BCUT2D eigenvalue weighted by atomic mass is 79.9. The van der Waals surface area contributed by atoms with Crippen molar-refractivity contribution in [3.8, 4) is 22.9 Å². The summed E-state index contributed by atoms with van der Waals surface area (Å²) in [6.07, 6.45) is 0. The van der Waals surface area contributed by atoms with Crippen LogP contribution >= 0.6 is 15.9 Å². The highest BCUT2D eigenvalue weighted by Gasteiger charge is 2.19. The number of methoxy groups -OCH3 is 1. The van der Waals surface area contributed by atoms with Gasteiger partial charge in [-0.15, -0.1) is 10.2 Å². The number of aromatic amines is 1. The van der Waals surface area contributed by atoms with Crippen LogP contribution in [0, 0.1) is 0 Å². The number of halogens is 1. The third-order valence-electron chi connectivity index (χ3n) is 5.22. The Hall–Kier alpha value is -3.98. The number of aromatic nitrogens is 5. The molecule has 33 heavy (non-hydrogen) atoms. The molecule has 8 nitrogen and oxygen atoms in total. The van der Waals surface area contributed by atoms with E-state index in [1.807, 2.05) is 77.4 Å². The predicted molar refractivity (Wildman–Crippen MR) is 126 cm³/mol. The Kier molecular flexibility index (Phi) is 5.62. The maximum atomic E-state index is 12.6. The smallest absolute Gasteiger partial charge is 0.354 e. The van der Waals surface area contributed by atoms with Crippen molar-refractivity contribution in [3.05, 3.63) is 88.5 Å². The highest BCUT2D eigenvalue weighted by molar-refractivity contribution is 9.10. The Bertz CT molecular complexity index is 1410. The molecule has 0 unspecified atom stereocenters. The van der Waals surface area contributed by atoms with E-state index < -0.39 is 5.97 Å². The number of ether oxygens (including phenoxy) is 2. The normalized spacial score (nSPS) is 11.0. The molecular formula is C24H18BrN5O3. The number of nitrogens with one attached hydrogen (secondary N) is 1. The standard InChI is InChI=1S/C24H18BrN5O3/c1-32-24(31)22-13-19-20(25)11-18(33-17-5-3-2-4-6-17)12-21(19)30(22)14-15-7-9-16(10-8-15)23-26-28-29-27-23/h2-13H,14H2,1H3,(H,26,27,28,29). The fourth-order valence-corrected chi connectivity index (χ4v) is 4.19. The second-order valence-corrected chi connectivity index (χ2v) is 8.15. The molecule has 1 N–H and O–H groups in total. The van der Waals surface area contributed by atoms with Gasteiger partial charge in [-0.3, -0.25) is 0 Å². The molecule has 0 spiro atoms. The van der Waals surface area contributed by atoms with E-state index in [9.17, 15) is 4.79 Å². The van der Waals surface area contributed by atoms with Gasteiger partial charge in [0.1, 0.15) is 17.2 Å². The lowest BCUT2D eigenvalue weighted by Gasteiger charge is -2.12. The Labute approximate surface area is 197 Å². The van der Waals surface area contributed by atoms with Crippen molar-refractivity contribution in [3.63, 3.8) is 0 Å². The first kappa shape index (κ1) is 20.9. The molecule has 9 heteroatoms. The summed E-state index contributed by atoms with van der Waals surface area (Å²) in [7, 11) is 1.38. The molecular weight excluding hydrogens is 486 g/mol. The summed E-state index contributed by atoms with van der Waals surface area (Å²) < 4.78 is 13.8. The number of para-hydroxylation sites is 1. The summed E-state index contributed by atoms with van der Waals surface area (Å²) in [6, 6.07) is 23.0. The van der Waals surface area contributed by atoms with Crippen LogP contribution in [0.15, 0.2) is 77.3 Å². The van der Waals surface area contributed by atoms with Crippen molar-refractivity contribution in [1.82, 2.24) is 25.2 Å². The van der Waals surface area contributed by atoms with Gasteiger partial charge in [-0.1, -0.05) is 42.5 Å². The van der Waals surface area contributed by atoms with Crippen LogP contribution in [-0.2, 0) is 11.3 Å². The Morgan fingerprint density at radius 1 is 1.03 bits per heavy atom. The number of esters is 1. The minimum Gasteiger partial charge on any atom is -0.464 e. The average Bonchev–Trinajstić information content (AvgIpc) is 3.49. The SMILES string of the molecule is COC(=O)c1cc2c(Br)cc(Oc3ccccc3)cc2n1Cc1ccc(-c2nn[nH]n2)cc1. The molecule has 0 amide bonds. The summed E-state index contributed by atoms with van der Waals surface area (Å²) in [5.74, 6) is 1.50. The molecule has 0 bridgehead atoms. The first-order valence-electron chi connectivity index (χ1n) is 10.1.